The van der Waals surface area contributed by atoms with Gasteiger partial charge in [-0.1, -0.05) is 11.6 Å². The molecule has 0 bridgehead atoms. The molecule has 1 fully saturated rings. The lowest BCUT2D eigenvalue weighted by Gasteiger charge is -2.21. The summed E-state index contributed by atoms with van der Waals surface area (Å²) in [5.74, 6) is -0.00176. The second-order valence-electron chi connectivity index (χ2n) is 3.85. The SMILES string of the molecule is CC1CCCN1C(=O)c1cnccc1Cl. The van der Waals surface area contributed by atoms with E-state index in [9.17, 15) is 4.79 Å². The molecule has 1 atom stereocenters. The van der Waals surface area contributed by atoms with Crippen LogP contribution in [0, 0.1) is 0 Å². The van der Waals surface area contributed by atoms with Crippen LogP contribution >= 0.6 is 11.6 Å². The summed E-state index contributed by atoms with van der Waals surface area (Å²) in [7, 11) is 0. The van der Waals surface area contributed by atoms with Crippen molar-refractivity contribution in [1.82, 2.24) is 9.88 Å². The zero-order valence-electron chi connectivity index (χ0n) is 8.61. The quantitative estimate of drug-likeness (QED) is 0.734. The summed E-state index contributed by atoms with van der Waals surface area (Å²) in [5.41, 5.74) is 0.507. The minimum absolute atomic E-state index is 0.00176. The fourth-order valence-corrected chi connectivity index (χ4v) is 2.11. The molecular formula is C11H13ClN2O. The molecule has 0 aliphatic carbocycles. The highest BCUT2D eigenvalue weighted by Gasteiger charge is 2.27. The minimum atomic E-state index is -0.00176. The van der Waals surface area contributed by atoms with Crippen LogP contribution in [0.1, 0.15) is 30.1 Å². The highest BCUT2D eigenvalue weighted by Crippen LogP contribution is 2.22. The maximum Gasteiger partial charge on any atom is 0.257 e. The smallest absolute Gasteiger partial charge is 0.257 e. The van der Waals surface area contributed by atoms with E-state index in [1.165, 1.54) is 6.20 Å². The average Bonchev–Trinajstić information content (AvgIpc) is 2.64. The summed E-state index contributed by atoms with van der Waals surface area (Å²) in [5, 5.41) is 0.481. The summed E-state index contributed by atoms with van der Waals surface area (Å²) in [6.07, 6.45) is 5.27. The lowest BCUT2D eigenvalue weighted by Crippen LogP contribution is -2.33. The number of pyridine rings is 1. The third kappa shape index (κ3) is 1.97. The lowest BCUT2D eigenvalue weighted by atomic mass is 10.2. The van der Waals surface area contributed by atoms with Crippen LogP contribution in [0.25, 0.3) is 0 Å². The molecule has 1 aliphatic heterocycles. The van der Waals surface area contributed by atoms with E-state index in [0.717, 1.165) is 19.4 Å². The van der Waals surface area contributed by atoms with Crippen molar-refractivity contribution in [2.24, 2.45) is 0 Å². The predicted octanol–water partition coefficient (Wildman–Crippen LogP) is 2.36. The second kappa shape index (κ2) is 4.19. The Bertz CT molecular complexity index is 381. The molecule has 1 aromatic heterocycles. The van der Waals surface area contributed by atoms with Gasteiger partial charge >= 0.3 is 0 Å². The number of hydrogen-bond acceptors (Lipinski definition) is 2. The van der Waals surface area contributed by atoms with Crippen molar-refractivity contribution in [3.05, 3.63) is 29.0 Å². The average molecular weight is 225 g/mol. The Labute approximate surface area is 94.1 Å². The molecule has 80 valence electrons. The van der Waals surface area contributed by atoms with E-state index in [-0.39, 0.29) is 5.91 Å². The summed E-state index contributed by atoms with van der Waals surface area (Å²) in [6, 6.07) is 1.96. The first kappa shape index (κ1) is 10.4. The number of carbonyl (C=O) groups is 1. The van der Waals surface area contributed by atoms with Gasteiger partial charge in [0.1, 0.15) is 0 Å². The van der Waals surface area contributed by atoms with Crippen LogP contribution in [0.3, 0.4) is 0 Å². The molecule has 0 saturated carbocycles. The van der Waals surface area contributed by atoms with Crippen LogP contribution in [0.5, 0.6) is 0 Å². The van der Waals surface area contributed by atoms with E-state index in [1.807, 2.05) is 4.90 Å². The van der Waals surface area contributed by atoms with Crippen molar-refractivity contribution < 1.29 is 4.79 Å². The van der Waals surface area contributed by atoms with Crippen molar-refractivity contribution in [2.45, 2.75) is 25.8 Å². The topological polar surface area (TPSA) is 33.2 Å². The van der Waals surface area contributed by atoms with Crippen LogP contribution in [0.4, 0.5) is 0 Å². The molecule has 1 amide bonds. The van der Waals surface area contributed by atoms with Crippen molar-refractivity contribution in [3.8, 4) is 0 Å². The number of carbonyl (C=O) groups excluding carboxylic acids is 1. The zero-order chi connectivity index (χ0) is 10.8. The summed E-state index contributed by atoms with van der Waals surface area (Å²) >= 11 is 5.96. The van der Waals surface area contributed by atoms with Gasteiger partial charge in [0.2, 0.25) is 0 Å². The van der Waals surface area contributed by atoms with Gasteiger partial charge in [0.15, 0.2) is 0 Å². The molecule has 2 heterocycles. The highest BCUT2D eigenvalue weighted by atomic mass is 35.5. The van der Waals surface area contributed by atoms with E-state index in [0.29, 0.717) is 16.6 Å². The van der Waals surface area contributed by atoms with Gasteiger partial charge in [-0.25, -0.2) is 0 Å². The lowest BCUT2D eigenvalue weighted by molar-refractivity contribution is 0.0747. The maximum atomic E-state index is 12.1. The van der Waals surface area contributed by atoms with Crippen molar-refractivity contribution in [2.75, 3.05) is 6.54 Å². The summed E-state index contributed by atoms with van der Waals surface area (Å²) in [6.45, 7) is 2.89. The number of rotatable bonds is 1. The van der Waals surface area contributed by atoms with Crippen LogP contribution in [0.2, 0.25) is 5.02 Å². The van der Waals surface area contributed by atoms with Gasteiger partial charge in [-0.3, -0.25) is 9.78 Å². The third-order valence-corrected chi connectivity index (χ3v) is 3.14. The molecule has 1 unspecified atom stereocenters. The van der Waals surface area contributed by atoms with Gasteiger partial charge < -0.3 is 4.90 Å². The molecule has 3 nitrogen and oxygen atoms in total. The second-order valence-corrected chi connectivity index (χ2v) is 4.25. The van der Waals surface area contributed by atoms with Gasteiger partial charge in [0, 0.05) is 25.0 Å². The van der Waals surface area contributed by atoms with Gasteiger partial charge in [0.05, 0.1) is 10.6 Å². The molecule has 4 heteroatoms. The third-order valence-electron chi connectivity index (χ3n) is 2.81. The van der Waals surface area contributed by atoms with Crippen LogP contribution in [-0.4, -0.2) is 28.4 Å². The molecular weight excluding hydrogens is 212 g/mol. The largest absolute Gasteiger partial charge is 0.336 e. The zero-order valence-corrected chi connectivity index (χ0v) is 9.37. The molecule has 2 rings (SSSR count). The Kier molecular flexibility index (Phi) is 2.91. The molecule has 0 radical (unpaired) electrons. The number of amides is 1. The van der Waals surface area contributed by atoms with E-state index < -0.39 is 0 Å². The number of nitrogens with zero attached hydrogens (tertiary/aromatic N) is 2. The molecule has 1 saturated heterocycles. The molecule has 1 aliphatic rings. The van der Waals surface area contributed by atoms with E-state index in [1.54, 1.807) is 12.3 Å². The fourth-order valence-electron chi connectivity index (χ4n) is 1.92. The standard InChI is InChI=1S/C11H13ClN2O/c1-8-3-2-6-14(8)11(15)9-7-13-5-4-10(9)12/h4-5,7-8H,2-3,6H2,1H3. The highest BCUT2D eigenvalue weighted by molar-refractivity contribution is 6.33. The Hall–Kier alpha value is -1.09. The van der Waals surface area contributed by atoms with E-state index >= 15 is 0 Å². The summed E-state index contributed by atoms with van der Waals surface area (Å²) in [4.78, 5) is 17.9. The number of likely N-dealkylation sites (tertiary alicyclic amines) is 1. The van der Waals surface area contributed by atoms with Gasteiger partial charge in [-0.15, -0.1) is 0 Å². The Morgan fingerprint density at radius 1 is 1.67 bits per heavy atom. The Balaban J connectivity index is 2.24. The summed E-state index contributed by atoms with van der Waals surface area (Å²) < 4.78 is 0. The molecule has 0 aromatic carbocycles. The normalized spacial score (nSPS) is 20.7. The molecule has 1 aromatic rings. The van der Waals surface area contributed by atoms with Crippen LogP contribution < -0.4 is 0 Å². The predicted molar refractivity (Wildman–Crippen MR) is 59.0 cm³/mol. The monoisotopic (exact) mass is 224 g/mol. The molecule has 0 spiro atoms. The van der Waals surface area contributed by atoms with Gasteiger partial charge in [0.25, 0.3) is 5.91 Å². The fraction of sp³-hybridized carbons (Fsp3) is 0.455. The van der Waals surface area contributed by atoms with Crippen molar-refractivity contribution in [3.63, 3.8) is 0 Å². The molecule has 0 N–H and O–H groups in total. The van der Waals surface area contributed by atoms with E-state index in [4.69, 9.17) is 11.6 Å². The van der Waals surface area contributed by atoms with E-state index in [2.05, 4.69) is 11.9 Å². The van der Waals surface area contributed by atoms with Gasteiger partial charge in [-0.2, -0.15) is 0 Å². The number of aromatic nitrogens is 1. The minimum Gasteiger partial charge on any atom is -0.336 e. The Morgan fingerprint density at radius 2 is 2.47 bits per heavy atom. The van der Waals surface area contributed by atoms with Crippen LogP contribution in [0.15, 0.2) is 18.5 Å². The number of hydrogen-bond donors (Lipinski definition) is 0. The Morgan fingerprint density at radius 3 is 3.07 bits per heavy atom. The first-order valence-corrected chi connectivity index (χ1v) is 5.48. The molecule has 15 heavy (non-hydrogen) atoms. The van der Waals surface area contributed by atoms with Crippen molar-refractivity contribution >= 4 is 17.5 Å². The van der Waals surface area contributed by atoms with Gasteiger partial charge in [-0.05, 0) is 25.8 Å². The maximum absolute atomic E-state index is 12.1. The van der Waals surface area contributed by atoms with Crippen LogP contribution in [-0.2, 0) is 0 Å². The van der Waals surface area contributed by atoms with Crippen molar-refractivity contribution in [1.29, 1.82) is 0 Å². The first-order valence-electron chi connectivity index (χ1n) is 5.10. The first-order chi connectivity index (χ1) is 7.20. The number of halogens is 1.